The van der Waals surface area contributed by atoms with Crippen molar-refractivity contribution in [3.05, 3.63) is 34.6 Å². The maximum atomic E-state index is 13.3. The van der Waals surface area contributed by atoms with Crippen LogP contribution in [0.1, 0.15) is 18.4 Å². The fourth-order valence-corrected chi connectivity index (χ4v) is 2.24. The van der Waals surface area contributed by atoms with Crippen LogP contribution < -0.4 is 5.32 Å². The summed E-state index contributed by atoms with van der Waals surface area (Å²) in [5.74, 6) is 0.455. The van der Waals surface area contributed by atoms with Crippen LogP contribution >= 0.6 is 11.6 Å². The fourth-order valence-electron chi connectivity index (χ4n) is 2.05. The Bertz CT molecular complexity index is 366. The Labute approximate surface area is 106 Å². The van der Waals surface area contributed by atoms with E-state index in [4.69, 9.17) is 16.3 Å². The summed E-state index contributed by atoms with van der Waals surface area (Å²) in [6, 6.07) is 4.54. The second-order valence-corrected chi connectivity index (χ2v) is 4.87. The van der Waals surface area contributed by atoms with Crippen LogP contribution in [0.3, 0.4) is 0 Å². The zero-order chi connectivity index (χ0) is 12.1. The van der Waals surface area contributed by atoms with Gasteiger partial charge in [0, 0.05) is 17.2 Å². The average Bonchev–Trinajstić information content (AvgIpc) is 2.82. The lowest BCUT2D eigenvalue weighted by Crippen LogP contribution is -2.11. The molecule has 1 unspecified atom stereocenters. The minimum absolute atomic E-state index is 0.253. The van der Waals surface area contributed by atoms with Crippen molar-refractivity contribution in [2.75, 3.05) is 19.7 Å². The molecule has 1 atom stereocenters. The molecule has 2 nitrogen and oxygen atoms in total. The Morgan fingerprint density at radius 1 is 1.47 bits per heavy atom. The monoisotopic (exact) mass is 257 g/mol. The van der Waals surface area contributed by atoms with Gasteiger partial charge in [0.1, 0.15) is 5.82 Å². The summed E-state index contributed by atoms with van der Waals surface area (Å²) in [5.41, 5.74) is 0.530. The van der Waals surface area contributed by atoms with Gasteiger partial charge in [0.15, 0.2) is 0 Å². The van der Waals surface area contributed by atoms with Gasteiger partial charge in [-0.3, -0.25) is 0 Å². The summed E-state index contributed by atoms with van der Waals surface area (Å²) < 4.78 is 18.8. The standard InChI is InChI=1S/C13H17ClFNO/c14-12-1-2-13(15)11(7-12)9-17-6-4-10-3-5-16-8-10/h1-2,7,10,16H,3-6,8-9H2. The highest BCUT2D eigenvalue weighted by Gasteiger charge is 2.13. The Balaban J connectivity index is 1.72. The fraction of sp³-hybridized carbons (Fsp3) is 0.538. The van der Waals surface area contributed by atoms with Crippen LogP contribution in [0.25, 0.3) is 0 Å². The zero-order valence-corrected chi connectivity index (χ0v) is 10.5. The van der Waals surface area contributed by atoms with Gasteiger partial charge >= 0.3 is 0 Å². The molecule has 94 valence electrons. The molecule has 0 bridgehead atoms. The molecule has 17 heavy (non-hydrogen) atoms. The first-order chi connectivity index (χ1) is 8.25. The minimum Gasteiger partial charge on any atom is -0.377 e. The summed E-state index contributed by atoms with van der Waals surface area (Å²) >= 11 is 5.80. The highest BCUT2D eigenvalue weighted by Crippen LogP contribution is 2.17. The molecule has 0 saturated carbocycles. The van der Waals surface area contributed by atoms with Crippen LogP contribution in [0.5, 0.6) is 0 Å². The Morgan fingerprint density at radius 3 is 3.12 bits per heavy atom. The average molecular weight is 258 g/mol. The molecule has 4 heteroatoms. The van der Waals surface area contributed by atoms with Crippen LogP contribution in [0, 0.1) is 11.7 Å². The molecule has 0 spiro atoms. The molecule has 0 amide bonds. The highest BCUT2D eigenvalue weighted by atomic mass is 35.5. The third kappa shape index (κ3) is 3.95. The third-order valence-electron chi connectivity index (χ3n) is 3.10. The quantitative estimate of drug-likeness (QED) is 0.819. The lowest BCUT2D eigenvalue weighted by molar-refractivity contribution is 0.107. The van der Waals surface area contributed by atoms with Gasteiger partial charge in [-0.05, 0) is 50.0 Å². The minimum atomic E-state index is -0.253. The van der Waals surface area contributed by atoms with Gasteiger partial charge < -0.3 is 10.1 Å². The van der Waals surface area contributed by atoms with Gasteiger partial charge in [0.25, 0.3) is 0 Å². The third-order valence-corrected chi connectivity index (χ3v) is 3.33. The highest BCUT2D eigenvalue weighted by molar-refractivity contribution is 6.30. The van der Waals surface area contributed by atoms with Gasteiger partial charge in [-0.2, -0.15) is 0 Å². The predicted octanol–water partition coefficient (Wildman–Crippen LogP) is 3.00. The normalized spacial score (nSPS) is 19.8. The predicted molar refractivity (Wildman–Crippen MR) is 66.7 cm³/mol. The largest absolute Gasteiger partial charge is 0.377 e. The summed E-state index contributed by atoms with van der Waals surface area (Å²) in [6.45, 7) is 3.16. The molecule has 0 aromatic heterocycles. The lowest BCUT2D eigenvalue weighted by atomic mass is 10.1. The van der Waals surface area contributed by atoms with Crippen molar-refractivity contribution in [3.8, 4) is 0 Å². The molecule has 1 fully saturated rings. The van der Waals surface area contributed by atoms with E-state index >= 15 is 0 Å². The number of nitrogens with one attached hydrogen (secondary N) is 1. The van der Waals surface area contributed by atoms with Crippen molar-refractivity contribution in [3.63, 3.8) is 0 Å². The molecule has 1 aromatic carbocycles. The van der Waals surface area contributed by atoms with Crippen molar-refractivity contribution in [2.45, 2.75) is 19.4 Å². The van der Waals surface area contributed by atoms with Crippen molar-refractivity contribution in [1.29, 1.82) is 0 Å². The van der Waals surface area contributed by atoms with Crippen molar-refractivity contribution < 1.29 is 9.13 Å². The molecule has 1 heterocycles. The van der Waals surface area contributed by atoms with Crippen LogP contribution in [0.2, 0.25) is 5.02 Å². The number of benzene rings is 1. The molecule has 1 aliphatic rings. The maximum Gasteiger partial charge on any atom is 0.128 e. The van der Waals surface area contributed by atoms with Crippen LogP contribution in [0.4, 0.5) is 4.39 Å². The first-order valence-corrected chi connectivity index (χ1v) is 6.36. The van der Waals surface area contributed by atoms with Gasteiger partial charge in [-0.25, -0.2) is 4.39 Å². The molecule has 0 radical (unpaired) electrons. The molecular formula is C13H17ClFNO. The van der Waals surface area contributed by atoms with E-state index in [1.165, 1.54) is 12.5 Å². The van der Waals surface area contributed by atoms with Crippen LogP contribution in [-0.4, -0.2) is 19.7 Å². The van der Waals surface area contributed by atoms with E-state index in [2.05, 4.69) is 5.32 Å². The van der Waals surface area contributed by atoms with Crippen molar-refractivity contribution in [1.82, 2.24) is 5.32 Å². The van der Waals surface area contributed by atoms with Gasteiger partial charge in [-0.1, -0.05) is 11.6 Å². The van der Waals surface area contributed by atoms with E-state index in [1.807, 2.05) is 0 Å². The van der Waals surface area contributed by atoms with E-state index in [1.54, 1.807) is 12.1 Å². The number of hydrogen-bond acceptors (Lipinski definition) is 2. The van der Waals surface area contributed by atoms with E-state index in [9.17, 15) is 4.39 Å². The van der Waals surface area contributed by atoms with E-state index in [0.717, 1.165) is 19.5 Å². The first kappa shape index (κ1) is 12.8. The van der Waals surface area contributed by atoms with Gasteiger partial charge in [-0.15, -0.1) is 0 Å². The van der Waals surface area contributed by atoms with Gasteiger partial charge in [0.2, 0.25) is 0 Å². The molecule has 1 aromatic rings. The second kappa shape index (κ2) is 6.34. The smallest absolute Gasteiger partial charge is 0.128 e. The SMILES string of the molecule is Fc1ccc(Cl)cc1COCCC1CCNC1. The first-order valence-electron chi connectivity index (χ1n) is 5.98. The second-order valence-electron chi connectivity index (χ2n) is 4.44. The van der Waals surface area contributed by atoms with E-state index < -0.39 is 0 Å². The molecular weight excluding hydrogens is 241 g/mol. The molecule has 2 rings (SSSR count). The van der Waals surface area contributed by atoms with Crippen LogP contribution in [-0.2, 0) is 11.3 Å². The van der Waals surface area contributed by atoms with Gasteiger partial charge in [0.05, 0.1) is 6.61 Å². The summed E-state index contributed by atoms with van der Waals surface area (Å²) in [4.78, 5) is 0. The topological polar surface area (TPSA) is 21.3 Å². The number of hydrogen-bond donors (Lipinski definition) is 1. The summed E-state index contributed by atoms with van der Waals surface area (Å²) in [6.07, 6.45) is 2.25. The molecule has 1 aliphatic heterocycles. The number of ether oxygens (including phenoxy) is 1. The molecule has 1 N–H and O–H groups in total. The Kier molecular flexibility index (Phi) is 4.77. The van der Waals surface area contributed by atoms with Crippen LogP contribution in [0.15, 0.2) is 18.2 Å². The van der Waals surface area contributed by atoms with Crippen molar-refractivity contribution >= 4 is 11.6 Å². The Morgan fingerprint density at radius 2 is 2.35 bits per heavy atom. The van der Waals surface area contributed by atoms with E-state index in [-0.39, 0.29) is 5.82 Å². The van der Waals surface area contributed by atoms with Crippen molar-refractivity contribution in [2.24, 2.45) is 5.92 Å². The molecule has 0 aliphatic carbocycles. The van der Waals surface area contributed by atoms with E-state index in [0.29, 0.717) is 29.7 Å². The number of rotatable bonds is 5. The lowest BCUT2D eigenvalue weighted by Gasteiger charge is -2.09. The number of halogens is 2. The maximum absolute atomic E-state index is 13.3. The summed E-state index contributed by atoms with van der Waals surface area (Å²) in [5, 5.41) is 3.86. The zero-order valence-electron chi connectivity index (χ0n) is 9.72. The summed E-state index contributed by atoms with van der Waals surface area (Å²) in [7, 11) is 0. The molecule has 1 saturated heterocycles. The Hall–Kier alpha value is -0.640.